The molecule has 31 heavy (non-hydrogen) atoms. The van der Waals surface area contributed by atoms with E-state index in [4.69, 9.17) is 10.5 Å². The number of nitrogens with zero attached hydrogens (tertiary/aromatic N) is 3. The van der Waals surface area contributed by atoms with Crippen molar-refractivity contribution in [3.05, 3.63) is 16.8 Å². The van der Waals surface area contributed by atoms with E-state index in [-0.39, 0.29) is 24.9 Å². The summed E-state index contributed by atoms with van der Waals surface area (Å²) >= 11 is 1.71. The number of rotatable bonds is 4. The van der Waals surface area contributed by atoms with E-state index in [2.05, 4.69) is 14.9 Å². The summed E-state index contributed by atoms with van der Waals surface area (Å²) in [5.41, 5.74) is 7.03. The predicted molar refractivity (Wildman–Crippen MR) is 113 cm³/mol. The van der Waals surface area contributed by atoms with Gasteiger partial charge in [0.15, 0.2) is 0 Å². The molecule has 2 saturated carbocycles. The van der Waals surface area contributed by atoms with Crippen LogP contribution in [-0.4, -0.2) is 57.4 Å². The molecule has 6 rings (SSSR count). The number of halogens is 2. The van der Waals surface area contributed by atoms with E-state index < -0.39 is 12.2 Å². The average Bonchev–Trinajstić information content (AvgIpc) is 3.13. The maximum Gasteiger partial charge on any atom is 0.250 e. The summed E-state index contributed by atoms with van der Waals surface area (Å²) in [6, 6.07) is 0.380. The first-order chi connectivity index (χ1) is 14.9. The second-order valence-electron chi connectivity index (χ2n) is 9.70. The van der Waals surface area contributed by atoms with Gasteiger partial charge in [-0.25, -0.2) is 18.7 Å². The number of aliphatic hydroxyl groups is 1. The third-order valence-electron chi connectivity index (χ3n) is 7.91. The summed E-state index contributed by atoms with van der Waals surface area (Å²) < 4.78 is 33.3. The van der Waals surface area contributed by atoms with Gasteiger partial charge in [0.25, 0.3) is 5.92 Å². The Morgan fingerprint density at radius 1 is 1.19 bits per heavy atom. The van der Waals surface area contributed by atoms with Crippen molar-refractivity contribution < 1.29 is 18.6 Å². The second kappa shape index (κ2) is 7.30. The molecule has 3 aliphatic carbocycles. The van der Waals surface area contributed by atoms with Crippen molar-refractivity contribution >= 4 is 21.6 Å². The monoisotopic (exact) mass is 450 g/mol. The molecule has 0 spiro atoms. The number of ether oxygens (including phenoxy) is 1. The Labute approximate surface area is 183 Å². The lowest BCUT2D eigenvalue weighted by atomic mass is 9.90. The van der Waals surface area contributed by atoms with Crippen molar-refractivity contribution in [2.75, 3.05) is 13.1 Å². The first kappa shape index (κ1) is 20.2. The highest BCUT2D eigenvalue weighted by molar-refractivity contribution is 7.19. The van der Waals surface area contributed by atoms with Crippen molar-refractivity contribution in [2.45, 2.75) is 75.2 Å². The van der Waals surface area contributed by atoms with Gasteiger partial charge in [-0.2, -0.15) is 0 Å². The van der Waals surface area contributed by atoms with E-state index in [0.29, 0.717) is 36.8 Å². The molecule has 6 nitrogen and oxygen atoms in total. The van der Waals surface area contributed by atoms with E-state index >= 15 is 0 Å². The zero-order valence-corrected chi connectivity index (χ0v) is 18.2. The van der Waals surface area contributed by atoms with Gasteiger partial charge in [-0.3, -0.25) is 4.90 Å². The number of alkyl halides is 2. The minimum atomic E-state index is -2.49. The number of nitrogens with two attached hydrogens (primary N) is 1. The minimum Gasteiger partial charge on any atom is -0.474 e. The van der Waals surface area contributed by atoms with Crippen molar-refractivity contribution in [2.24, 2.45) is 17.6 Å². The minimum absolute atomic E-state index is 0.0216. The van der Waals surface area contributed by atoms with Crippen LogP contribution >= 0.6 is 11.3 Å². The molecular formula is C22H28F2N4O2S. The third-order valence-corrected chi connectivity index (χ3v) is 9.05. The average molecular weight is 451 g/mol. The summed E-state index contributed by atoms with van der Waals surface area (Å²) in [5, 5.41) is 10.9. The van der Waals surface area contributed by atoms with Crippen molar-refractivity contribution in [1.29, 1.82) is 0 Å². The lowest BCUT2D eigenvalue weighted by molar-refractivity contribution is -0.0679. The zero-order chi connectivity index (χ0) is 21.3. The molecular weight excluding hydrogens is 422 g/mol. The smallest absolute Gasteiger partial charge is 0.250 e. The highest BCUT2D eigenvalue weighted by Crippen LogP contribution is 2.65. The van der Waals surface area contributed by atoms with E-state index in [1.165, 1.54) is 10.4 Å². The number of hydrogen-bond acceptors (Lipinski definition) is 7. The van der Waals surface area contributed by atoms with Crippen LogP contribution in [0.1, 0.15) is 54.9 Å². The molecule has 4 unspecified atom stereocenters. The number of aliphatic hydroxyl groups excluding tert-OH is 1. The van der Waals surface area contributed by atoms with Gasteiger partial charge in [0.1, 0.15) is 23.5 Å². The number of fused-ring (bicyclic) bond motifs is 5. The molecule has 3 N–H and O–H groups in total. The fraction of sp³-hybridized carbons (Fsp3) is 0.727. The summed E-state index contributed by atoms with van der Waals surface area (Å²) in [5.74, 6) is -0.974. The molecule has 1 saturated heterocycles. The van der Waals surface area contributed by atoms with Crippen LogP contribution in [0.4, 0.5) is 8.78 Å². The molecule has 168 valence electrons. The third kappa shape index (κ3) is 3.44. The van der Waals surface area contributed by atoms with Crippen molar-refractivity contribution in [3.63, 3.8) is 0 Å². The largest absolute Gasteiger partial charge is 0.474 e. The van der Waals surface area contributed by atoms with Crippen LogP contribution in [0.25, 0.3) is 10.2 Å². The van der Waals surface area contributed by atoms with Crippen molar-refractivity contribution in [1.82, 2.24) is 14.9 Å². The maximum absolute atomic E-state index is 13.5. The van der Waals surface area contributed by atoms with Gasteiger partial charge < -0.3 is 15.6 Å². The van der Waals surface area contributed by atoms with Gasteiger partial charge in [0, 0.05) is 42.8 Å². The van der Waals surface area contributed by atoms with Gasteiger partial charge >= 0.3 is 0 Å². The standard InChI is InChI=1S/C22H28F2N4O2S/c23-22(24)5-7-28(8-6-22)11-1-3-12(4-2-11)30-20-18-17-14(31-21(18)27-10-26-20)9-13-15(17)16(13)19(25)29/h10-13,15-16,19,29H,1-9,25H2. The number of likely N-dealkylation sites (tertiary alicyclic amines) is 1. The summed E-state index contributed by atoms with van der Waals surface area (Å²) in [7, 11) is 0. The Bertz CT molecular complexity index is 981. The van der Waals surface area contributed by atoms with Crippen LogP contribution in [0.3, 0.4) is 0 Å². The lowest BCUT2D eigenvalue weighted by Gasteiger charge is -2.40. The Hall–Kier alpha value is -1.42. The number of hydrogen-bond donors (Lipinski definition) is 2. The predicted octanol–water partition coefficient (Wildman–Crippen LogP) is 3.28. The van der Waals surface area contributed by atoms with E-state index in [1.54, 1.807) is 17.7 Å². The molecule has 2 aromatic heterocycles. The van der Waals surface area contributed by atoms with Crippen LogP contribution in [0.2, 0.25) is 0 Å². The Balaban J connectivity index is 1.15. The number of thiophene rings is 1. The van der Waals surface area contributed by atoms with Gasteiger partial charge in [0.2, 0.25) is 5.88 Å². The van der Waals surface area contributed by atoms with Crippen LogP contribution in [0.15, 0.2) is 6.33 Å². The molecule has 3 fully saturated rings. The summed E-state index contributed by atoms with van der Waals surface area (Å²) in [6.45, 7) is 0.987. The van der Waals surface area contributed by atoms with Gasteiger partial charge in [0.05, 0.1) is 5.39 Å². The van der Waals surface area contributed by atoms with Gasteiger partial charge in [-0.15, -0.1) is 11.3 Å². The van der Waals surface area contributed by atoms with Crippen LogP contribution in [0.5, 0.6) is 5.88 Å². The van der Waals surface area contributed by atoms with E-state index in [1.807, 2.05) is 0 Å². The normalized spacial score (nSPS) is 35.5. The Morgan fingerprint density at radius 3 is 2.65 bits per heavy atom. The molecule has 0 radical (unpaired) electrons. The molecule has 4 atom stereocenters. The highest BCUT2D eigenvalue weighted by Gasteiger charge is 2.59. The van der Waals surface area contributed by atoms with Crippen molar-refractivity contribution in [3.8, 4) is 5.88 Å². The quantitative estimate of drug-likeness (QED) is 0.696. The SMILES string of the molecule is NC(O)C1C2Cc3sc4ncnc(OC5CCC(N6CCC(F)(F)CC6)CC5)c4c3C21. The molecule has 0 bridgehead atoms. The Kier molecular flexibility index (Phi) is 4.76. The molecule has 0 amide bonds. The zero-order valence-electron chi connectivity index (χ0n) is 17.3. The molecule has 4 aliphatic rings. The number of piperidine rings is 1. The molecule has 0 aromatic carbocycles. The first-order valence-corrected chi connectivity index (χ1v) is 12.2. The van der Waals surface area contributed by atoms with Gasteiger partial charge in [-0.05, 0) is 49.5 Å². The molecule has 3 heterocycles. The molecule has 9 heteroatoms. The van der Waals surface area contributed by atoms with Crippen LogP contribution < -0.4 is 10.5 Å². The maximum atomic E-state index is 13.5. The highest BCUT2D eigenvalue weighted by atomic mass is 32.1. The summed E-state index contributed by atoms with van der Waals surface area (Å²) in [4.78, 5) is 13.5. The van der Waals surface area contributed by atoms with Crippen LogP contribution in [0, 0.1) is 11.8 Å². The number of aromatic nitrogens is 2. The van der Waals surface area contributed by atoms with E-state index in [0.717, 1.165) is 42.3 Å². The van der Waals surface area contributed by atoms with Crippen LogP contribution in [-0.2, 0) is 6.42 Å². The fourth-order valence-corrected chi connectivity index (χ4v) is 7.48. The molecule has 2 aromatic rings. The fourth-order valence-electron chi connectivity index (χ4n) is 6.22. The molecule has 1 aliphatic heterocycles. The van der Waals surface area contributed by atoms with Gasteiger partial charge in [-0.1, -0.05) is 0 Å². The lowest BCUT2D eigenvalue weighted by Crippen LogP contribution is -2.47. The second-order valence-corrected chi connectivity index (χ2v) is 10.8. The summed E-state index contributed by atoms with van der Waals surface area (Å²) in [6.07, 6.45) is 5.55. The van der Waals surface area contributed by atoms with E-state index in [9.17, 15) is 13.9 Å². The topological polar surface area (TPSA) is 84.5 Å². The first-order valence-electron chi connectivity index (χ1n) is 11.4. The Morgan fingerprint density at radius 2 is 1.94 bits per heavy atom.